The highest BCUT2D eigenvalue weighted by Gasteiger charge is 1.96. The number of nitrogens with zero attached hydrogens (tertiary/aromatic N) is 2. The zero-order valence-corrected chi connectivity index (χ0v) is 9.83. The molecule has 0 bridgehead atoms. The second-order valence-corrected chi connectivity index (χ2v) is 3.83. The van der Waals surface area contributed by atoms with E-state index in [0.717, 1.165) is 18.7 Å². The zero-order valence-electron chi connectivity index (χ0n) is 9.08. The maximum atomic E-state index is 5.62. The minimum atomic E-state index is 0.418. The third kappa shape index (κ3) is 5.70. The average Bonchev–Trinajstić information content (AvgIpc) is 2.26. The van der Waals surface area contributed by atoms with Crippen LogP contribution in [0.5, 0.6) is 0 Å². The first-order chi connectivity index (χ1) is 7.33. The number of rotatable bonds is 7. The third-order valence-electron chi connectivity index (χ3n) is 2.07. The summed E-state index contributed by atoms with van der Waals surface area (Å²) in [5.41, 5.74) is 0.829. The maximum Gasteiger partial charge on any atom is 0.147 e. The van der Waals surface area contributed by atoms with E-state index in [9.17, 15) is 0 Å². The van der Waals surface area contributed by atoms with Crippen LogP contribution in [0.2, 0.25) is 5.15 Å². The molecule has 0 fully saturated rings. The van der Waals surface area contributed by atoms with E-state index in [1.54, 1.807) is 6.20 Å². The molecule has 0 aromatic carbocycles. The van der Waals surface area contributed by atoms with Gasteiger partial charge in [0.2, 0.25) is 0 Å². The molecule has 4 heteroatoms. The Hall–Kier alpha value is -0.670. The molecule has 0 aliphatic carbocycles. The van der Waals surface area contributed by atoms with Crippen molar-refractivity contribution >= 4 is 11.6 Å². The Morgan fingerprint density at radius 3 is 2.73 bits per heavy atom. The van der Waals surface area contributed by atoms with Crippen molar-refractivity contribution in [1.29, 1.82) is 0 Å². The van der Waals surface area contributed by atoms with Gasteiger partial charge in [-0.05, 0) is 6.42 Å². The number of aromatic nitrogens is 2. The first-order valence-electron chi connectivity index (χ1n) is 5.37. The molecule has 1 heterocycles. The van der Waals surface area contributed by atoms with Crippen LogP contribution in [0.15, 0.2) is 12.4 Å². The van der Waals surface area contributed by atoms with Gasteiger partial charge in [-0.15, -0.1) is 0 Å². The fourth-order valence-electron chi connectivity index (χ4n) is 1.22. The molecule has 1 rings (SSSR count). The van der Waals surface area contributed by atoms with E-state index in [4.69, 9.17) is 16.3 Å². The monoisotopic (exact) mass is 228 g/mol. The van der Waals surface area contributed by atoms with Crippen molar-refractivity contribution in [3.8, 4) is 0 Å². The lowest BCUT2D eigenvalue weighted by atomic mass is 10.2. The molecule has 3 nitrogen and oxygen atoms in total. The second-order valence-electron chi connectivity index (χ2n) is 3.44. The molecule has 0 aliphatic heterocycles. The Bertz CT molecular complexity index is 264. The van der Waals surface area contributed by atoms with Crippen LogP contribution in [0, 0.1) is 0 Å². The van der Waals surface area contributed by atoms with Gasteiger partial charge < -0.3 is 4.74 Å². The molecule has 0 amide bonds. The Balaban J connectivity index is 2.07. The summed E-state index contributed by atoms with van der Waals surface area (Å²) in [7, 11) is 0. The molecule has 0 aliphatic rings. The van der Waals surface area contributed by atoms with Crippen LogP contribution < -0.4 is 0 Å². The van der Waals surface area contributed by atoms with Gasteiger partial charge in [-0.1, -0.05) is 37.8 Å². The Labute approximate surface area is 95.8 Å². The lowest BCUT2D eigenvalue weighted by molar-refractivity contribution is 0.114. The molecule has 0 atom stereocenters. The van der Waals surface area contributed by atoms with Gasteiger partial charge in [-0.2, -0.15) is 0 Å². The highest BCUT2D eigenvalue weighted by molar-refractivity contribution is 6.29. The average molecular weight is 229 g/mol. The van der Waals surface area contributed by atoms with E-state index < -0.39 is 0 Å². The summed E-state index contributed by atoms with van der Waals surface area (Å²) in [6, 6.07) is 0. The number of hydrogen-bond acceptors (Lipinski definition) is 3. The quantitative estimate of drug-likeness (QED) is 0.672. The van der Waals surface area contributed by atoms with Gasteiger partial charge in [-0.3, -0.25) is 4.98 Å². The van der Waals surface area contributed by atoms with E-state index >= 15 is 0 Å². The first-order valence-corrected chi connectivity index (χ1v) is 5.75. The van der Waals surface area contributed by atoms with Gasteiger partial charge in [0.05, 0.1) is 24.7 Å². The van der Waals surface area contributed by atoms with Gasteiger partial charge in [0.1, 0.15) is 5.15 Å². The first kappa shape index (κ1) is 12.4. The van der Waals surface area contributed by atoms with Crippen molar-refractivity contribution in [3.05, 3.63) is 23.2 Å². The summed E-state index contributed by atoms with van der Waals surface area (Å²) in [6.45, 7) is 3.52. The second kappa shape index (κ2) is 7.60. The van der Waals surface area contributed by atoms with Crippen molar-refractivity contribution in [2.24, 2.45) is 0 Å². The van der Waals surface area contributed by atoms with Gasteiger partial charge in [0.15, 0.2) is 0 Å². The van der Waals surface area contributed by atoms with Crippen LogP contribution in [-0.2, 0) is 11.3 Å². The van der Waals surface area contributed by atoms with E-state index in [1.807, 2.05) is 0 Å². The zero-order chi connectivity index (χ0) is 10.9. The molecule has 0 spiro atoms. The number of unbranched alkanes of at least 4 members (excludes halogenated alkanes) is 3. The van der Waals surface area contributed by atoms with Crippen LogP contribution in [-0.4, -0.2) is 16.6 Å². The molecule has 1 aromatic rings. The molecule has 0 radical (unpaired) electrons. The van der Waals surface area contributed by atoms with E-state index in [1.165, 1.54) is 25.5 Å². The number of halogens is 1. The Morgan fingerprint density at radius 2 is 2.07 bits per heavy atom. The fourth-order valence-corrected chi connectivity index (χ4v) is 1.32. The van der Waals surface area contributed by atoms with Crippen molar-refractivity contribution in [2.75, 3.05) is 6.61 Å². The topological polar surface area (TPSA) is 35.0 Å². The summed E-state index contributed by atoms with van der Waals surface area (Å²) in [6.07, 6.45) is 8.08. The summed E-state index contributed by atoms with van der Waals surface area (Å²) in [4.78, 5) is 8.02. The molecule has 0 N–H and O–H groups in total. The molecular formula is C11H17ClN2O. The fraction of sp³-hybridized carbons (Fsp3) is 0.636. The SMILES string of the molecule is CCCCCCOCc1cnc(Cl)cn1. The predicted molar refractivity (Wildman–Crippen MR) is 60.8 cm³/mol. The normalized spacial score (nSPS) is 10.5. The van der Waals surface area contributed by atoms with Crippen molar-refractivity contribution in [1.82, 2.24) is 9.97 Å². The van der Waals surface area contributed by atoms with E-state index in [0.29, 0.717) is 11.8 Å². The lowest BCUT2D eigenvalue weighted by Gasteiger charge is -2.02. The summed E-state index contributed by atoms with van der Waals surface area (Å²) >= 11 is 5.62. The van der Waals surface area contributed by atoms with Gasteiger partial charge in [-0.25, -0.2) is 4.98 Å². The number of ether oxygens (including phenoxy) is 1. The molecule has 84 valence electrons. The van der Waals surface area contributed by atoms with E-state index in [-0.39, 0.29) is 0 Å². The summed E-state index contributed by atoms with van der Waals surface area (Å²) in [5.74, 6) is 0. The Kier molecular flexibility index (Phi) is 6.28. The van der Waals surface area contributed by atoms with Crippen LogP contribution >= 0.6 is 11.6 Å². The third-order valence-corrected chi connectivity index (χ3v) is 2.26. The lowest BCUT2D eigenvalue weighted by Crippen LogP contribution is -1.98. The molecule has 1 aromatic heterocycles. The van der Waals surface area contributed by atoms with Crippen LogP contribution in [0.25, 0.3) is 0 Å². The van der Waals surface area contributed by atoms with Gasteiger partial charge >= 0.3 is 0 Å². The molecule has 0 saturated carbocycles. The van der Waals surface area contributed by atoms with Crippen molar-refractivity contribution < 1.29 is 4.74 Å². The predicted octanol–water partition coefficient (Wildman–Crippen LogP) is 3.23. The number of hydrogen-bond donors (Lipinski definition) is 0. The van der Waals surface area contributed by atoms with Crippen LogP contribution in [0.3, 0.4) is 0 Å². The Morgan fingerprint density at radius 1 is 1.20 bits per heavy atom. The minimum Gasteiger partial charge on any atom is -0.375 e. The molecule has 15 heavy (non-hydrogen) atoms. The maximum absolute atomic E-state index is 5.62. The smallest absolute Gasteiger partial charge is 0.147 e. The van der Waals surface area contributed by atoms with E-state index in [2.05, 4.69) is 16.9 Å². The van der Waals surface area contributed by atoms with Crippen LogP contribution in [0.1, 0.15) is 38.3 Å². The molecule has 0 unspecified atom stereocenters. The summed E-state index contributed by atoms with van der Waals surface area (Å²) < 4.78 is 5.46. The van der Waals surface area contributed by atoms with Crippen molar-refractivity contribution in [3.63, 3.8) is 0 Å². The highest BCUT2D eigenvalue weighted by Crippen LogP contribution is 2.03. The van der Waals surface area contributed by atoms with Crippen molar-refractivity contribution in [2.45, 2.75) is 39.2 Å². The highest BCUT2D eigenvalue weighted by atomic mass is 35.5. The minimum absolute atomic E-state index is 0.418. The standard InChI is InChI=1S/C11H17ClN2O/c1-2-3-4-5-6-15-9-10-7-14-11(12)8-13-10/h7-8H,2-6,9H2,1H3. The van der Waals surface area contributed by atoms with Crippen LogP contribution in [0.4, 0.5) is 0 Å². The van der Waals surface area contributed by atoms with Gasteiger partial charge in [0.25, 0.3) is 0 Å². The molecule has 0 saturated heterocycles. The van der Waals surface area contributed by atoms with Gasteiger partial charge in [0, 0.05) is 6.61 Å². The summed E-state index contributed by atoms with van der Waals surface area (Å²) in [5, 5.41) is 0.418. The largest absolute Gasteiger partial charge is 0.375 e. The molecular weight excluding hydrogens is 212 g/mol.